The fourth-order valence-corrected chi connectivity index (χ4v) is 4.19. The highest BCUT2D eigenvalue weighted by Crippen LogP contribution is 2.20. The molecule has 1 fully saturated rings. The number of Topliss-reactive ketones (excluding diaryl/α,β-unsaturated/α-hetero) is 1. The normalized spacial score (nSPS) is 15.5. The number of hydrogen-bond donors (Lipinski definition) is 1. The zero-order chi connectivity index (χ0) is 19.6. The topological polar surface area (TPSA) is 121 Å². The summed E-state index contributed by atoms with van der Waals surface area (Å²) in [4.78, 5) is 32.1. The minimum atomic E-state index is -3.65. The molecule has 0 aliphatic carbocycles. The molecule has 1 N–H and O–H groups in total. The summed E-state index contributed by atoms with van der Waals surface area (Å²) in [7, 11) is -3.65. The summed E-state index contributed by atoms with van der Waals surface area (Å²) >= 11 is 0. The van der Waals surface area contributed by atoms with Crippen molar-refractivity contribution in [1.29, 1.82) is 0 Å². The van der Waals surface area contributed by atoms with Crippen molar-refractivity contribution in [2.24, 2.45) is 0 Å². The molecule has 2 heterocycles. The summed E-state index contributed by atoms with van der Waals surface area (Å²) in [6.07, 6.45) is 2.55. The van der Waals surface area contributed by atoms with Gasteiger partial charge in [-0.3, -0.25) is 4.79 Å². The fraction of sp³-hybridized carbons (Fsp3) is 0.294. The van der Waals surface area contributed by atoms with Gasteiger partial charge in [-0.1, -0.05) is 12.1 Å². The number of nitrogens with zero attached hydrogens (tertiary/aromatic N) is 4. The van der Waals surface area contributed by atoms with E-state index < -0.39 is 16.0 Å². The second kappa shape index (κ2) is 7.41. The zero-order valence-corrected chi connectivity index (χ0v) is 15.4. The van der Waals surface area contributed by atoms with Gasteiger partial charge in [0.25, 0.3) is 0 Å². The highest BCUT2D eigenvalue weighted by molar-refractivity contribution is 7.89. The van der Waals surface area contributed by atoms with Crippen molar-refractivity contribution in [1.82, 2.24) is 14.3 Å². The number of carboxylic acid groups (broad SMARTS) is 1. The lowest BCUT2D eigenvalue weighted by Gasteiger charge is -2.34. The maximum atomic E-state index is 12.8. The largest absolute Gasteiger partial charge is 0.476 e. The Labute approximate surface area is 156 Å². The van der Waals surface area contributed by atoms with Gasteiger partial charge in [-0.15, -0.1) is 0 Å². The number of sulfonamides is 1. The second-order valence-corrected chi connectivity index (χ2v) is 7.97. The molecule has 27 heavy (non-hydrogen) atoms. The number of aromatic carboxylic acids is 1. The molecule has 142 valence electrons. The standard InChI is InChI=1S/C17H18N4O5S/c1-12(22)13-2-4-14(5-3-13)27(25,26)21-8-6-20(7-9-21)16-11-18-15(10-19-16)17(23)24/h2-5,10-11H,6-9H2,1H3,(H,23,24). The number of benzene rings is 1. The van der Waals surface area contributed by atoms with E-state index in [1.807, 2.05) is 4.90 Å². The van der Waals surface area contributed by atoms with Crippen LogP contribution in [0.2, 0.25) is 0 Å². The average molecular weight is 390 g/mol. The predicted molar refractivity (Wildman–Crippen MR) is 96.4 cm³/mol. The van der Waals surface area contributed by atoms with E-state index in [0.717, 1.165) is 0 Å². The monoisotopic (exact) mass is 390 g/mol. The molecule has 1 aliphatic heterocycles. The van der Waals surface area contributed by atoms with Crippen molar-refractivity contribution in [3.63, 3.8) is 0 Å². The van der Waals surface area contributed by atoms with Crippen LogP contribution in [-0.2, 0) is 10.0 Å². The van der Waals surface area contributed by atoms with Crippen molar-refractivity contribution in [3.05, 3.63) is 47.9 Å². The van der Waals surface area contributed by atoms with Crippen LogP contribution in [0.25, 0.3) is 0 Å². The molecule has 0 unspecified atom stereocenters. The number of aromatic nitrogens is 2. The number of carbonyl (C=O) groups is 2. The van der Waals surface area contributed by atoms with Crippen molar-refractivity contribution in [2.45, 2.75) is 11.8 Å². The quantitative estimate of drug-likeness (QED) is 0.747. The average Bonchev–Trinajstić information content (AvgIpc) is 2.68. The summed E-state index contributed by atoms with van der Waals surface area (Å²) in [5.74, 6) is -0.772. The molecule has 0 radical (unpaired) electrons. The Morgan fingerprint density at radius 3 is 2.11 bits per heavy atom. The molecule has 1 saturated heterocycles. The van der Waals surface area contributed by atoms with Gasteiger partial charge in [0.15, 0.2) is 11.5 Å². The Bertz CT molecular complexity index is 950. The predicted octanol–water partition coefficient (Wildman–Crippen LogP) is 0.888. The molecule has 1 aliphatic rings. The number of hydrogen-bond acceptors (Lipinski definition) is 7. The number of piperazine rings is 1. The summed E-state index contributed by atoms with van der Waals surface area (Å²) in [6, 6.07) is 5.89. The molecule has 0 amide bonds. The number of carbonyl (C=O) groups excluding carboxylic acids is 1. The van der Waals surface area contributed by atoms with Gasteiger partial charge < -0.3 is 10.0 Å². The van der Waals surface area contributed by atoms with E-state index >= 15 is 0 Å². The summed E-state index contributed by atoms with van der Waals surface area (Å²) in [5, 5.41) is 8.86. The lowest BCUT2D eigenvalue weighted by Crippen LogP contribution is -2.49. The molecule has 0 spiro atoms. The highest BCUT2D eigenvalue weighted by Gasteiger charge is 2.29. The van der Waals surface area contributed by atoms with Gasteiger partial charge in [-0.25, -0.2) is 23.2 Å². The van der Waals surface area contributed by atoms with Gasteiger partial charge >= 0.3 is 5.97 Å². The molecule has 3 rings (SSSR count). The van der Waals surface area contributed by atoms with E-state index in [1.165, 1.54) is 47.9 Å². The Morgan fingerprint density at radius 1 is 1.00 bits per heavy atom. The first-order chi connectivity index (χ1) is 12.8. The van der Waals surface area contributed by atoms with Crippen LogP contribution in [0.5, 0.6) is 0 Å². The molecular formula is C17H18N4O5S. The third kappa shape index (κ3) is 3.96. The lowest BCUT2D eigenvalue weighted by atomic mass is 10.2. The first-order valence-electron chi connectivity index (χ1n) is 8.20. The van der Waals surface area contributed by atoms with E-state index in [4.69, 9.17) is 5.11 Å². The fourth-order valence-electron chi connectivity index (χ4n) is 2.76. The molecule has 1 aromatic heterocycles. The molecule has 0 bridgehead atoms. The van der Waals surface area contributed by atoms with Gasteiger partial charge in [-0.2, -0.15) is 4.31 Å². The van der Waals surface area contributed by atoms with Crippen LogP contribution in [0.1, 0.15) is 27.8 Å². The van der Waals surface area contributed by atoms with Crippen LogP contribution in [-0.4, -0.2) is 65.7 Å². The van der Waals surface area contributed by atoms with Crippen LogP contribution in [0, 0.1) is 0 Å². The van der Waals surface area contributed by atoms with E-state index in [0.29, 0.717) is 24.5 Å². The highest BCUT2D eigenvalue weighted by atomic mass is 32.2. The van der Waals surface area contributed by atoms with Crippen LogP contribution >= 0.6 is 0 Å². The third-order valence-electron chi connectivity index (χ3n) is 4.32. The second-order valence-electron chi connectivity index (χ2n) is 6.04. The van der Waals surface area contributed by atoms with Gasteiger partial charge in [0.1, 0.15) is 5.82 Å². The Morgan fingerprint density at radius 2 is 1.63 bits per heavy atom. The Balaban J connectivity index is 1.68. The number of carboxylic acids is 1. The van der Waals surface area contributed by atoms with E-state index in [-0.39, 0.29) is 29.5 Å². The maximum absolute atomic E-state index is 12.8. The first kappa shape index (κ1) is 18.9. The molecule has 0 saturated carbocycles. The maximum Gasteiger partial charge on any atom is 0.356 e. The smallest absolute Gasteiger partial charge is 0.356 e. The van der Waals surface area contributed by atoms with Gasteiger partial charge in [0.2, 0.25) is 10.0 Å². The third-order valence-corrected chi connectivity index (χ3v) is 6.23. The lowest BCUT2D eigenvalue weighted by molar-refractivity contribution is 0.0689. The molecule has 9 nitrogen and oxygen atoms in total. The SMILES string of the molecule is CC(=O)c1ccc(S(=O)(=O)N2CCN(c3cnc(C(=O)O)cn3)CC2)cc1. The van der Waals surface area contributed by atoms with Crippen molar-refractivity contribution < 1.29 is 23.1 Å². The summed E-state index contributed by atoms with van der Waals surface area (Å²) < 4.78 is 26.9. The minimum Gasteiger partial charge on any atom is -0.476 e. The summed E-state index contributed by atoms with van der Waals surface area (Å²) in [6.45, 7) is 2.77. The van der Waals surface area contributed by atoms with Crippen molar-refractivity contribution >= 4 is 27.6 Å². The molecular weight excluding hydrogens is 372 g/mol. The summed E-state index contributed by atoms with van der Waals surface area (Å²) in [5.41, 5.74) is 0.316. The number of rotatable bonds is 5. The first-order valence-corrected chi connectivity index (χ1v) is 9.64. The van der Waals surface area contributed by atoms with Crippen molar-refractivity contribution in [2.75, 3.05) is 31.1 Å². The van der Waals surface area contributed by atoms with E-state index in [1.54, 1.807) is 0 Å². The van der Waals surface area contributed by atoms with E-state index in [9.17, 15) is 18.0 Å². The number of anilines is 1. The molecule has 2 aromatic rings. The minimum absolute atomic E-state index is 0.123. The van der Waals surface area contributed by atoms with E-state index in [2.05, 4.69) is 9.97 Å². The van der Waals surface area contributed by atoms with Gasteiger partial charge in [0.05, 0.1) is 17.3 Å². The van der Waals surface area contributed by atoms with Gasteiger partial charge in [-0.05, 0) is 19.1 Å². The Kier molecular flexibility index (Phi) is 5.19. The van der Waals surface area contributed by atoms with Gasteiger partial charge in [0, 0.05) is 31.7 Å². The van der Waals surface area contributed by atoms with Crippen molar-refractivity contribution in [3.8, 4) is 0 Å². The molecule has 0 atom stereocenters. The van der Waals surface area contributed by atoms with Crippen LogP contribution in [0.4, 0.5) is 5.82 Å². The molecule has 10 heteroatoms. The number of ketones is 1. The van der Waals surface area contributed by atoms with Crippen LogP contribution in [0.15, 0.2) is 41.6 Å². The molecule has 1 aromatic carbocycles. The van der Waals surface area contributed by atoms with Crippen LogP contribution in [0.3, 0.4) is 0 Å². The Hall–Kier alpha value is -2.85. The van der Waals surface area contributed by atoms with Crippen LogP contribution < -0.4 is 4.90 Å². The zero-order valence-electron chi connectivity index (χ0n) is 14.6.